The largest absolute Gasteiger partial charge is 0.497 e. The lowest BCUT2D eigenvalue weighted by Crippen LogP contribution is -2.09. The van der Waals surface area contributed by atoms with Gasteiger partial charge in [-0.1, -0.05) is 0 Å². The van der Waals surface area contributed by atoms with Crippen molar-refractivity contribution >= 4 is 34.4 Å². The second-order valence-corrected chi connectivity index (χ2v) is 6.62. The van der Waals surface area contributed by atoms with E-state index in [0.29, 0.717) is 11.9 Å². The summed E-state index contributed by atoms with van der Waals surface area (Å²) < 4.78 is 7.62. The molecule has 3 nitrogen and oxygen atoms in total. The van der Waals surface area contributed by atoms with E-state index in [-0.39, 0.29) is 0 Å². The first-order chi connectivity index (χ1) is 9.76. The standard InChI is InChI=1S/C15H19ClN2OS/c1-19-11-4-6-14-13(8-11)17-15(9-16)18(14)10-3-5-12(7-10)20-2/h4,6,8,10,12H,3,5,7,9H2,1-2H3. The fourth-order valence-corrected chi connectivity index (χ4v) is 4.10. The number of halogens is 1. The zero-order chi connectivity index (χ0) is 14.1. The molecule has 1 heterocycles. The van der Waals surface area contributed by atoms with Gasteiger partial charge in [0.25, 0.3) is 0 Å². The van der Waals surface area contributed by atoms with Gasteiger partial charge in [-0.25, -0.2) is 4.98 Å². The highest BCUT2D eigenvalue weighted by molar-refractivity contribution is 7.99. The minimum atomic E-state index is 0.456. The molecule has 1 aliphatic rings. The van der Waals surface area contributed by atoms with Crippen LogP contribution < -0.4 is 4.74 Å². The molecule has 1 aromatic heterocycles. The van der Waals surface area contributed by atoms with Crippen molar-refractivity contribution in [2.75, 3.05) is 13.4 Å². The summed E-state index contributed by atoms with van der Waals surface area (Å²) in [6, 6.07) is 6.62. The first-order valence-corrected chi connectivity index (χ1v) is 8.72. The van der Waals surface area contributed by atoms with E-state index >= 15 is 0 Å². The van der Waals surface area contributed by atoms with Crippen molar-refractivity contribution in [3.05, 3.63) is 24.0 Å². The molecule has 0 saturated heterocycles. The van der Waals surface area contributed by atoms with E-state index in [2.05, 4.69) is 21.9 Å². The van der Waals surface area contributed by atoms with Crippen molar-refractivity contribution in [1.29, 1.82) is 0 Å². The molecule has 0 aliphatic heterocycles. The van der Waals surface area contributed by atoms with E-state index in [1.165, 1.54) is 24.8 Å². The predicted molar refractivity (Wildman–Crippen MR) is 86.0 cm³/mol. The second kappa shape index (κ2) is 5.86. The van der Waals surface area contributed by atoms with E-state index < -0.39 is 0 Å². The number of ether oxygens (including phenoxy) is 1. The van der Waals surface area contributed by atoms with Crippen molar-refractivity contribution in [2.24, 2.45) is 0 Å². The average molecular weight is 311 g/mol. The fraction of sp³-hybridized carbons (Fsp3) is 0.533. The van der Waals surface area contributed by atoms with Crippen LogP contribution in [-0.4, -0.2) is 28.2 Å². The van der Waals surface area contributed by atoms with Crippen LogP contribution in [0.25, 0.3) is 11.0 Å². The summed E-state index contributed by atoms with van der Waals surface area (Å²) in [6.07, 6.45) is 5.91. The van der Waals surface area contributed by atoms with Gasteiger partial charge in [0.15, 0.2) is 0 Å². The van der Waals surface area contributed by atoms with Crippen LogP contribution in [0.4, 0.5) is 0 Å². The normalized spacial score (nSPS) is 22.6. The quantitative estimate of drug-likeness (QED) is 0.790. The van der Waals surface area contributed by atoms with Gasteiger partial charge in [0, 0.05) is 17.4 Å². The minimum absolute atomic E-state index is 0.456. The number of benzene rings is 1. The molecule has 0 amide bonds. The number of nitrogens with zero attached hydrogens (tertiary/aromatic N) is 2. The maximum absolute atomic E-state index is 6.11. The van der Waals surface area contributed by atoms with Gasteiger partial charge in [-0.3, -0.25) is 0 Å². The van der Waals surface area contributed by atoms with Crippen molar-refractivity contribution in [3.8, 4) is 5.75 Å². The Morgan fingerprint density at radius 3 is 2.95 bits per heavy atom. The number of alkyl halides is 1. The Labute approximate surface area is 128 Å². The lowest BCUT2D eigenvalue weighted by Gasteiger charge is -2.16. The van der Waals surface area contributed by atoms with Crippen molar-refractivity contribution in [2.45, 2.75) is 36.4 Å². The van der Waals surface area contributed by atoms with Crippen LogP contribution in [-0.2, 0) is 5.88 Å². The first-order valence-electron chi connectivity index (χ1n) is 6.90. The molecule has 108 valence electrons. The van der Waals surface area contributed by atoms with E-state index in [1.54, 1.807) is 7.11 Å². The Bertz CT molecular complexity index is 613. The van der Waals surface area contributed by atoms with Crippen molar-refractivity contribution in [1.82, 2.24) is 9.55 Å². The van der Waals surface area contributed by atoms with Crippen LogP contribution >= 0.6 is 23.4 Å². The van der Waals surface area contributed by atoms with Gasteiger partial charge in [0.2, 0.25) is 0 Å². The zero-order valence-electron chi connectivity index (χ0n) is 11.8. The molecule has 2 atom stereocenters. The van der Waals surface area contributed by atoms with Gasteiger partial charge < -0.3 is 9.30 Å². The Kier molecular flexibility index (Phi) is 4.13. The summed E-state index contributed by atoms with van der Waals surface area (Å²) in [5, 5.41) is 0.763. The van der Waals surface area contributed by atoms with Crippen LogP contribution in [0.2, 0.25) is 0 Å². The van der Waals surface area contributed by atoms with Gasteiger partial charge in [-0.15, -0.1) is 11.6 Å². The Balaban J connectivity index is 2.04. The molecule has 1 fully saturated rings. The SMILES string of the molecule is COc1ccc2c(c1)nc(CCl)n2C1CCC(SC)C1. The van der Waals surface area contributed by atoms with E-state index in [9.17, 15) is 0 Å². The number of hydrogen-bond acceptors (Lipinski definition) is 3. The first kappa shape index (κ1) is 14.1. The lowest BCUT2D eigenvalue weighted by atomic mass is 10.2. The molecule has 2 aromatic rings. The summed E-state index contributed by atoms with van der Waals surface area (Å²) >= 11 is 8.08. The van der Waals surface area contributed by atoms with Crippen LogP contribution in [0, 0.1) is 0 Å². The van der Waals surface area contributed by atoms with Crippen LogP contribution in [0.15, 0.2) is 18.2 Å². The molecular formula is C15H19ClN2OS. The van der Waals surface area contributed by atoms with Crippen molar-refractivity contribution in [3.63, 3.8) is 0 Å². The van der Waals surface area contributed by atoms with Gasteiger partial charge in [0.05, 0.1) is 24.0 Å². The Hall–Kier alpha value is -0.870. The number of imidazole rings is 1. The third-order valence-electron chi connectivity index (χ3n) is 4.14. The highest BCUT2D eigenvalue weighted by atomic mass is 35.5. The summed E-state index contributed by atoms with van der Waals surface area (Å²) in [5.41, 5.74) is 2.15. The molecular weight excluding hydrogens is 292 g/mol. The number of rotatable bonds is 4. The maximum atomic E-state index is 6.11. The number of fused-ring (bicyclic) bond motifs is 1. The third kappa shape index (κ3) is 2.40. The monoisotopic (exact) mass is 310 g/mol. The average Bonchev–Trinajstić information content (AvgIpc) is 3.09. The number of aromatic nitrogens is 2. The maximum Gasteiger partial charge on any atom is 0.125 e. The number of hydrogen-bond donors (Lipinski definition) is 0. The molecule has 0 radical (unpaired) electrons. The predicted octanol–water partition coefficient (Wildman–Crippen LogP) is 4.24. The van der Waals surface area contributed by atoms with E-state index in [0.717, 1.165) is 22.3 Å². The highest BCUT2D eigenvalue weighted by Crippen LogP contribution is 2.39. The van der Waals surface area contributed by atoms with Gasteiger partial charge >= 0.3 is 0 Å². The molecule has 1 aliphatic carbocycles. The smallest absolute Gasteiger partial charge is 0.125 e. The molecule has 0 N–H and O–H groups in total. The molecule has 0 bridgehead atoms. The van der Waals surface area contributed by atoms with Crippen LogP contribution in [0.5, 0.6) is 5.75 Å². The minimum Gasteiger partial charge on any atom is -0.497 e. The number of thioether (sulfide) groups is 1. The molecule has 20 heavy (non-hydrogen) atoms. The second-order valence-electron chi connectivity index (χ2n) is 5.21. The number of methoxy groups -OCH3 is 1. The summed E-state index contributed by atoms with van der Waals surface area (Å²) in [6.45, 7) is 0. The zero-order valence-corrected chi connectivity index (χ0v) is 13.4. The van der Waals surface area contributed by atoms with Crippen LogP contribution in [0.3, 0.4) is 0 Å². The molecule has 3 rings (SSSR count). The summed E-state index contributed by atoms with van der Waals surface area (Å²) in [7, 11) is 1.68. The highest BCUT2D eigenvalue weighted by Gasteiger charge is 2.28. The Morgan fingerprint density at radius 2 is 2.30 bits per heavy atom. The van der Waals surface area contributed by atoms with Gasteiger partial charge in [-0.05, 0) is 37.7 Å². The fourth-order valence-electron chi connectivity index (χ4n) is 3.12. The van der Waals surface area contributed by atoms with E-state index in [1.807, 2.05) is 23.9 Å². The van der Waals surface area contributed by atoms with Crippen LogP contribution in [0.1, 0.15) is 31.1 Å². The molecule has 5 heteroatoms. The topological polar surface area (TPSA) is 27.1 Å². The van der Waals surface area contributed by atoms with Gasteiger partial charge in [0.1, 0.15) is 11.6 Å². The third-order valence-corrected chi connectivity index (χ3v) is 5.48. The molecule has 1 aromatic carbocycles. The molecule has 1 saturated carbocycles. The lowest BCUT2D eigenvalue weighted by molar-refractivity contribution is 0.415. The van der Waals surface area contributed by atoms with Gasteiger partial charge in [-0.2, -0.15) is 11.8 Å². The summed E-state index contributed by atoms with van der Waals surface area (Å²) in [4.78, 5) is 4.68. The Morgan fingerprint density at radius 1 is 1.45 bits per heavy atom. The summed E-state index contributed by atoms with van der Waals surface area (Å²) in [5.74, 6) is 2.27. The van der Waals surface area contributed by atoms with Crippen molar-refractivity contribution < 1.29 is 4.74 Å². The molecule has 2 unspecified atom stereocenters. The van der Waals surface area contributed by atoms with E-state index in [4.69, 9.17) is 16.3 Å². The molecule has 0 spiro atoms.